The van der Waals surface area contributed by atoms with Gasteiger partial charge in [0.1, 0.15) is 11.3 Å². The minimum absolute atomic E-state index is 0.292. The smallest absolute Gasteiger partial charge is 0.309 e. The maximum Gasteiger partial charge on any atom is 0.416 e. The molecule has 1 spiro atoms. The van der Waals surface area contributed by atoms with Gasteiger partial charge in [-0.3, -0.25) is 14.8 Å². The van der Waals surface area contributed by atoms with Gasteiger partial charge in [-0.25, -0.2) is 0 Å². The molecule has 134 valence electrons. The van der Waals surface area contributed by atoms with E-state index in [2.05, 4.69) is 15.3 Å². The van der Waals surface area contributed by atoms with Crippen molar-refractivity contribution in [1.29, 1.82) is 0 Å². The molecule has 2 heterocycles. The number of amidine groups is 1. The van der Waals surface area contributed by atoms with Crippen LogP contribution in [-0.4, -0.2) is 23.8 Å². The summed E-state index contributed by atoms with van der Waals surface area (Å²) in [7, 11) is 1.51. The molecule has 1 aliphatic carbocycles. The summed E-state index contributed by atoms with van der Waals surface area (Å²) in [5.41, 5.74) is 0.375. The number of aliphatic imine (C=N–C) groups is 1. The molecule has 1 amide bonds. The van der Waals surface area contributed by atoms with Gasteiger partial charge in [-0.15, -0.1) is 0 Å². The van der Waals surface area contributed by atoms with Crippen LogP contribution < -0.4 is 5.32 Å². The molecule has 0 saturated carbocycles. The lowest BCUT2D eigenvalue weighted by Gasteiger charge is -2.42. The van der Waals surface area contributed by atoms with Crippen LogP contribution in [0.2, 0.25) is 0 Å². The zero-order valence-corrected chi connectivity index (χ0v) is 14.0. The third kappa shape index (κ3) is 2.26. The van der Waals surface area contributed by atoms with E-state index in [0.29, 0.717) is 41.8 Å². The standard InChI is InChI=1S/C19H16F3N3O/c1-23-16-12-7-6-11(19(20,21)22)10-14(12)18(17(26)25-16)8-2-5-15-13(18)4-3-9-24-15/h3-4,6-7,9-10H,2,5,8H2,1H3,(H,23,25,26)/t18-/m1/s1. The molecule has 26 heavy (non-hydrogen) atoms. The van der Waals surface area contributed by atoms with Crippen molar-refractivity contribution >= 4 is 11.7 Å². The van der Waals surface area contributed by atoms with E-state index >= 15 is 0 Å². The third-order valence-corrected chi connectivity index (χ3v) is 5.22. The first-order valence-corrected chi connectivity index (χ1v) is 8.32. The summed E-state index contributed by atoms with van der Waals surface area (Å²) in [4.78, 5) is 21.5. The maximum absolute atomic E-state index is 13.3. The van der Waals surface area contributed by atoms with E-state index in [4.69, 9.17) is 0 Å². The first kappa shape index (κ1) is 16.8. The first-order chi connectivity index (χ1) is 12.4. The topological polar surface area (TPSA) is 54.4 Å². The summed E-state index contributed by atoms with van der Waals surface area (Å²) in [6.07, 6.45) is -1.03. The molecule has 0 radical (unpaired) electrons. The van der Waals surface area contributed by atoms with E-state index in [0.717, 1.165) is 17.8 Å². The second kappa shape index (κ2) is 5.65. The van der Waals surface area contributed by atoms with Gasteiger partial charge in [-0.1, -0.05) is 12.1 Å². The molecule has 7 heteroatoms. The maximum atomic E-state index is 13.3. The normalized spacial score (nSPS) is 23.5. The average molecular weight is 359 g/mol. The Morgan fingerprint density at radius 1 is 1.23 bits per heavy atom. The summed E-state index contributed by atoms with van der Waals surface area (Å²) in [6, 6.07) is 7.03. The van der Waals surface area contributed by atoms with Crippen LogP contribution in [0.4, 0.5) is 13.2 Å². The Kier molecular flexibility index (Phi) is 3.64. The molecular weight excluding hydrogens is 343 g/mol. The Morgan fingerprint density at radius 3 is 2.77 bits per heavy atom. The summed E-state index contributed by atoms with van der Waals surface area (Å²) in [6.45, 7) is 0. The Morgan fingerprint density at radius 2 is 2.04 bits per heavy atom. The fourth-order valence-electron chi connectivity index (χ4n) is 4.06. The van der Waals surface area contributed by atoms with Crippen LogP contribution in [0, 0.1) is 0 Å². The molecule has 0 unspecified atom stereocenters. The number of nitrogens with one attached hydrogen (secondary N) is 1. The van der Waals surface area contributed by atoms with E-state index in [1.165, 1.54) is 13.1 Å². The minimum atomic E-state index is -4.49. The number of halogens is 3. The van der Waals surface area contributed by atoms with E-state index in [-0.39, 0.29) is 5.91 Å². The van der Waals surface area contributed by atoms with E-state index < -0.39 is 17.2 Å². The highest BCUT2D eigenvalue weighted by atomic mass is 19.4. The van der Waals surface area contributed by atoms with Gasteiger partial charge in [0.2, 0.25) is 5.91 Å². The number of amides is 1. The van der Waals surface area contributed by atoms with Crippen molar-refractivity contribution in [1.82, 2.24) is 10.3 Å². The van der Waals surface area contributed by atoms with Gasteiger partial charge in [-0.05, 0) is 48.6 Å². The SMILES string of the molecule is CN=C1NC(=O)[C@@]2(CCCc3ncccc32)c2cc(C(F)(F)F)ccc21. The number of aromatic nitrogens is 1. The fraction of sp³-hybridized carbons (Fsp3) is 0.316. The van der Waals surface area contributed by atoms with Crippen LogP contribution in [-0.2, 0) is 22.8 Å². The van der Waals surface area contributed by atoms with Gasteiger partial charge in [0.15, 0.2) is 0 Å². The van der Waals surface area contributed by atoms with Crippen LogP contribution in [0.25, 0.3) is 0 Å². The molecule has 1 aliphatic heterocycles. The second-order valence-corrected chi connectivity index (χ2v) is 6.54. The van der Waals surface area contributed by atoms with Crippen LogP contribution in [0.1, 0.15) is 40.8 Å². The molecule has 1 N–H and O–H groups in total. The van der Waals surface area contributed by atoms with Crippen molar-refractivity contribution in [2.75, 3.05) is 7.05 Å². The first-order valence-electron chi connectivity index (χ1n) is 8.32. The molecule has 0 bridgehead atoms. The van der Waals surface area contributed by atoms with Crippen molar-refractivity contribution in [3.8, 4) is 0 Å². The van der Waals surface area contributed by atoms with Gasteiger partial charge in [-0.2, -0.15) is 13.2 Å². The lowest BCUT2D eigenvalue weighted by Crippen LogP contribution is -2.54. The lowest BCUT2D eigenvalue weighted by atomic mass is 9.63. The molecule has 1 atom stereocenters. The van der Waals surface area contributed by atoms with Crippen LogP contribution in [0.15, 0.2) is 41.5 Å². The zero-order valence-electron chi connectivity index (χ0n) is 14.0. The van der Waals surface area contributed by atoms with Gasteiger partial charge in [0, 0.05) is 24.5 Å². The van der Waals surface area contributed by atoms with Gasteiger partial charge in [0.25, 0.3) is 0 Å². The number of carbonyl (C=O) groups is 1. The fourth-order valence-corrected chi connectivity index (χ4v) is 4.06. The number of pyridine rings is 1. The number of carbonyl (C=O) groups excluding carboxylic acids is 1. The van der Waals surface area contributed by atoms with Crippen LogP contribution in [0.5, 0.6) is 0 Å². The van der Waals surface area contributed by atoms with Crippen molar-refractivity contribution < 1.29 is 18.0 Å². The van der Waals surface area contributed by atoms with E-state index in [9.17, 15) is 18.0 Å². The molecule has 0 fully saturated rings. The van der Waals surface area contributed by atoms with Gasteiger partial charge in [0.05, 0.1) is 5.56 Å². The Bertz CT molecular complexity index is 936. The van der Waals surface area contributed by atoms with Crippen LogP contribution >= 0.6 is 0 Å². The van der Waals surface area contributed by atoms with Crippen molar-refractivity contribution in [3.63, 3.8) is 0 Å². The molecule has 2 aromatic rings. The molecule has 2 aliphatic rings. The summed E-state index contributed by atoms with van der Waals surface area (Å²) in [5, 5.41) is 2.78. The monoisotopic (exact) mass is 359 g/mol. The van der Waals surface area contributed by atoms with Crippen LogP contribution in [0.3, 0.4) is 0 Å². The quantitative estimate of drug-likeness (QED) is 0.785. The Labute approximate surface area is 148 Å². The molecule has 4 rings (SSSR count). The predicted octanol–water partition coefficient (Wildman–Crippen LogP) is 3.23. The summed E-state index contributed by atoms with van der Waals surface area (Å²) < 4.78 is 40.0. The minimum Gasteiger partial charge on any atom is -0.309 e. The third-order valence-electron chi connectivity index (χ3n) is 5.22. The van der Waals surface area contributed by atoms with E-state index in [1.807, 2.05) is 0 Å². The number of benzene rings is 1. The lowest BCUT2D eigenvalue weighted by molar-refractivity contribution is -0.138. The number of fused-ring (bicyclic) bond motifs is 4. The number of hydrogen-bond donors (Lipinski definition) is 1. The number of aryl methyl sites for hydroxylation is 1. The van der Waals surface area contributed by atoms with Crippen molar-refractivity contribution in [2.24, 2.45) is 4.99 Å². The number of alkyl halides is 3. The molecule has 4 nitrogen and oxygen atoms in total. The highest BCUT2D eigenvalue weighted by molar-refractivity contribution is 6.17. The second-order valence-electron chi connectivity index (χ2n) is 6.54. The number of nitrogens with zero attached hydrogens (tertiary/aromatic N) is 2. The van der Waals surface area contributed by atoms with Crippen molar-refractivity contribution in [3.05, 3.63) is 64.5 Å². The van der Waals surface area contributed by atoms with Crippen molar-refractivity contribution in [2.45, 2.75) is 30.9 Å². The summed E-state index contributed by atoms with van der Waals surface area (Å²) >= 11 is 0. The van der Waals surface area contributed by atoms with Gasteiger partial charge < -0.3 is 5.32 Å². The predicted molar refractivity (Wildman–Crippen MR) is 90.0 cm³/mol. The highest BCUT2D eigenvalue weighted by Crippen LogP contribution is 2.46. The molecule has 1 aromatic heterocycles. The largest absolute Gasteiger partial charge is 0.416 e. The van der Waals surface area contributed by atoms with Gasteiger partial charge >= 0.3 is 6.18 Å². The number of hydrogen-bond acceptors (Lipinski definition) is 3. The molecule has 1 aromatic carbocycles. The summed E-state index contributed by atoms with van der Waals surface area (Å²) in [5.74, 6) is -0.0563. The molecular formula is C19H16F3N3O. The molecule has 0 saturated heterocycles. The Balaban J connectivity index is 2.06. The zero-order chi connectivity index (χ0) is 18.5. The van der Waals surface area contributed by atoms with E-state index in [1.54, 1.807) is 18.3 Å². The highest BCUT2D eigenvalue weighted by Gasteiger charge is 2.50. The Hall–Kier alpha value is -2.70. The average Bonchev–Trinajstić information content (AvgIpc) is 2.63. The number of rotatable bonds is 0.